The number of hydrogen-bond acceptors (Lipinski definition) is 2. The van der Waals surface area contributed by atoms with Crippen molar-refractivity contribution in [1.82, 2.24) is 14.5 Å². The van der Waals surface area contributed by atoms with Crippen molar-refractivity contribution >= 4 is 55.2 Å². The fourth-order valence-corrected chi connectivity index (χ4v) is 8.14. The van der Waals surface area contributed by atoms with Crippen LogP contribution in [0.3, 0.4) is 0 Å². The first kappa shape index (κ1) is 22.6. The first-order chi connectivity index (χ1) is 19.8. The van der Waals surface area contributed by atoms with Crippen LogP contribution in [-0.2, 0) is 5.41 Å². The highest BCUT2D eigenvalue weighted by Gasteiger charge is 2.46. The number of nitrogens with zero attached hydrogens (tertiary/aromatic N) is 3. The maximum absolute atomic E-state index is 7.04. The lowest BCUT2D eigenvalue weighted by Gasteiger charge is -2.36. The first-order valence-electron chi connectivity index (χ1n) is 14.3. The Balaban J connectivity index is 1.57. The third-order valence-corrected chi connectivity index (χ3v) is 9.70. The maximum Gasteiger partial charge on any atom is 0.176 e. The zero-order chi connectivity index (χ0) is 26.4. The van der Waals surface area contributed by atoms with E-state index in [-0.39, 0.29) is 5.41 Å². The van der Waals surface area contributed by atoms with E-state index in [9.17, 15) is 0 Å². The van der Waals surface area contributed by atoms with Gasteiger partial charge in [0.25, 0.3) is 0 Å². The van der Waals surface area contributed by atoms with Gasteiger partial charge in [0.1, 0.15) is 0 Å². The minimum absolute atomic E-state index is 0.0324. The predicted molar refractivity (Wildman–Crippen MR) is 166 cm³/mol. The second-order valence-electron chi connectivity index (χ2n) is 11.4. The van der Waals surface area contributed by atoms with Crippen LogP contribution in [0.5, 0.6) is 0 Å². The lowest BCUT2D eigenvalue weighted by atomic mass is 9.67. The molecule has 2 heterocycles. The summed E-state index contributed by atoms with van der Waals surface area (Å²) in [4.78, 5) is 10.0. The Morgan fingerprint density at radius 3 is 2.12 bits per heavy atom. The molecule has 1 spiro atoms. The van der Waals surface area contributed by atoms with Crippen LogP contribution in [0.2, 0.25) is 5.15 Å². The van der Waals surface area contributed by atoms with Crippen LogP contribution in [0.1, 0.15) is 43.2 Å². The quantitative estimate of drug-likeness (QED) is 0.209. The maximum atomic E-state index is 7.04. The molecule has 2 aliphatic rings. The van der Waals surface area contributed by atoms with Crippen molar-refractivity contribution in [3.05, 3.63) is 113 Å². The summed E-state index contributed by atoms with van der Waals surface area (Å²) >= 11 is 7.04. The van der Waals surface area contributed by atoms with Crippen molar-refractivity contribution in [2.24, 2.45) is 0 Å². The van der Waals surface area contributed by atoms with Crippen LogP contribution < -0.4 is 0 Å². The van der Waals surface area contributed by atoms with Gasteiger partial charge in [0.15, 0.2) is 11.0 Å². The Bertz CT molecular complexity index is 2170. The first-order valence-corrected chi connectivity index (χ1v) is 14.6. The zero-order valence-electron chi connectivity index (χ0n) is 22.0. The van der Waals surface area contributed by atoms with E-state index in [2.05, 4.69) is 77.4 Å². The Morgan fingerprint density at radius 1 is 0.650 bits per heavy atom. The summed E-state index contributed by atoms with van der Waals surface area (Å²) < 4.78 is 2.33. The molecule has 1 fully saturated rings. The monoisotopic (exact) mass is 535 g/mol. The molecule has 0 N–H and O–H groups in total. The largest absolute Gasteiger partial charge is 0.291 e. The van der Waals surface area contributed by atoms with E-state index in [1.807, 2.05) is 24.3 Å². The van der Waals surface area contributed by atoms with E-state index in [1.165, 1.54) is 68.6 Å². The highest BCUT2D eigenvalue weighted by molar-refractivity contribution is 6.32. The number of hydrogen-bond donors (Lipinski definition) is 0. The minimum Gasteiger partial charge on any atom is -0.291 e. The van der Waals surface area contributed by atoms with Gasteiger partial charge < -0.3 is 0 Å². The van der Waals surface area contributed by atoms with Crippen molar-refractivity contribution < 1.29 is 0 Å². The van der Waals surface area contributed by atoms with Gasteiger partial charge in [0, 0.05) is 16.2 Å². The van der Waals surface area contributed by atoms with Gasteiger partial charge in [0.05, 0.1) is 22.1 Å². The number of benzene rings is 5. The molecule has 0 radical (unpaired) electrons. The van der Waals surface area contributed by atoms with Gasteiger partial charge in [-0.3, -0.25) is 4.57 Å². The average Bonchev–Trinajstić information content (AvgIpc) is 3.48. The molecule has 3 nitrogen and oxygen atoms in total. The van der Waals surface area contributed by atoms with Crippen LogP contribution in [0, 0.1) is 0 Å². The van der Waals surface area contributed by atoms with Crippen molar-refractivity contribution in [1.29, 1.82) is 0 Å². The number of halogens is 1. The van der Waals surface area contributed by atoms with Crippen LogP contribution in [0.15, 0.2) is 97.1 Å². The molecule has 7 aromatic rings. The lowest BCUT2D eigenvalue weighted by molar-refractivity contribution is 0.354. The van der Waals surface area contributed by atoms with Crippen LogP contribution >= 0.6 is 11.6 Å². The molecule has 0 unspecified atom stereocenters. The summed E-state index contributed by atoms with van der Waals surface area (Å²) in [7, 11) is 0. The molecule has 0 saturated heterocycles. The van der Waals surface area contributed by atoms with Gasteiger partial charge in [-0.05, 0) is 64.1 Å². The summed E-state index contributed by atoms with van der Waals surface area (Å²) in [6.07, 6.45) is 6.07. The molecule has 0 atom stereocenters. The smallest absolute Gasteiger partial charge is 0.176 e. The number of fused-ring (bicyclic) bond motifs is 13. The standard InChI is InChI=1S/C36H26ClN3/c37-34-35(39-28-18-8-7-17-27(28)38-34)40-29-19-9-5-15-25(29)31-23-13-3-2-12-22(23)30-24-14-4-6-16-26(24)36(32(30)33(31)40)20-10-1-11-21-36/h2-9,12-19H,1,10-11,20-21H2. The van der Waals surface area contributed by atoms with Gasteiger partial charge in [-0.25, -0.2) is 9.97 Å². The Hall–Kier alpha value is -4.21. The van der Waals surface area contributed by atoms with E-state index in [1.54, 1.807) is 0 Å². The van der Waals surface area contributed by atoms with Gasteiger partial charge >= 0.3 is 0 Å². The normalized spacial score (nSPS) is 15.8. The molecule has 0 aliphatic heterocycles. The molecule has 5 aromatic carbocycles. The zero-order valence-corrected chi connectivity index (χ0v) is 22.7. The molecule has 40 heavy (non-hydrogen) atoms. The molecule has 2 aliphatic carbocycles. The van der Waals surface area contributed by atoms with Gasteiger partial charge in [-0.2, -0.15) is 0 Å². The van der Waals surface area contributed by atoms with E-state index < -0.39 is 0 Å². The minimum atomic E-state index is -0.0324. The highest BCUT2D eigenvalue weighted by Crippen LogP contribution is 2.60. The summed E-state index contributed by atoms with van der Waals surface area (Å²) in [5.74, 6) is 0.700. The predicted octanol–water partition coefficient (Wildman–Crippen LogP) is 9.76. The summed E-state index contributed by atoms with van der Waals surface area (Å²) in [5.41, 5.74) is 9.67. The summed E-state index contributed by atoms with van der Waals surface area (Å²) in [6.45, 7) is 0. The third-order valence-electron chi connectivity index (χ3n) is 9.45. The topological polar surface area (TPSA) is 30.7 Å². The molecule has 2 aromatic heterocycles. The van der Waals surface area contributed by atoms with Gasteiger partial charge in [-0.15, -0.1) is 0 Å². The summed E-state index contributed by atoms with van der Waals surface area (Å²) in [5, 5.41) is 5.55. The molecule has 0 bridgehead atoms. The third kappa shape index (κ3) is 2.81. The highest BCUT2D eigenvalue weighted by atomic mass is 35.5. The number of rotatable bonds is 1. The summed E-state index contributed by atoms with van der Waals surface area (Å²) in [6, 6.07) is 34.8. The SMILES string of the molecule is Clc1nc2ccccc2nc1-n1c2ccccc2c2c3ccccc3c3c(c21)C1(CCCCC1)c1ccccc1-3. The van der Waals surface area contributed by atoms with Gasteiger partial charge in [0.2, 0.25) is 0 Å². The lowest BCUT2D eigenvalue weighted by Crippen LogP contribution is -2.28. The fraction of sp³-hybridized carbons (Fsp3) is 0.167. The van der Waals surface area contributed by atoms with Crippen LogP contribution in [0.4, 0.5) is 0 Å². The van der Waals surface area contributed by atoms with Crippen molar-refractivity contribution in [3.63, 3.8) is 0 Å². The molecule has 4 heteroatoms. The molecule has 9 rings (SSSR count). The van der Waals surface area contributed by atoms with E-state index in [0.717, 1.165) is 29.4 Å². The van der Waals surface area contributed by atoms with Crippen molar-refractivity contribution in [2.75, 3.05) is 0 Å². The fourth-order valence-electron chi connectivity index (χ4n) is 7.93. The molecule has 1 saturated carbocycles. The van der Waals surface area contributed by atoms with Crippen molar-refractivity contribution in [2.45, 2.75) is 37.5 Å². The Kier molecular flexibility index (Phi) is 4.61. The van der Waals surface area contributed by atoms with E-state index >= 15 is 0 Å². The molecule has 192 valence electrons. The Labute approximate surface area is 237 Å². The van der Waals surface area contributed by atoms with Gasteiger partial charge in [-0.1, -0.05) is 110 Å². The second-order valence-corrected chi connectivity index (χ2v) is 11.7. The van der Waals surface area contributed by atoms with Crippen molar-refractivity contribution in [3.8, 4) is 16.9 Å². The molecular weight excluding hydrogens is 510 g/mol. The van der Waals surface area contributed by atoms with Crippen LogP contribution in [0.25, 0.3) is 60.6 Å². The van der Waals surface area contributed by atoms with Crippen LogP contribution in [-0.4, -0.2) is 14.5 Å². The number of aromatic nitrogens is 3. The second kappa shape index (κ2) is 8.16. The molecule has 0 amide bonds. The molecular formula is C36H26ClN3. The Morgan fingerprint density at radius 2 is 1.30 bits per heavy atom. The van der Waals surface area contributed by atoms with E-state index in [0.29, 0.717) is 11.0 Å². The average molecular weight is 536 g/mol. The number of para-hydroxylation sites is 3. The van der Waals surface area contributed by atoms with E-state index in [4.69, 9.17) is 21.6 Å².